The van der Waals surface area contributed by atoms with Crippen LogP contribution in [0, 0.1) is 0 Å². The fraction of sp³-hybridized carbons (Fsp3) is 0.250. The van der Waals surface area contributed by atoms with Gasteiger partial charge in [-0.1, -0.05) is 24.3 Å². The molecule has 1 heterocycles. The molecule has 0 spiro atoms. The van der Waals surface area contributed by atoms with Crippen LogP contribution in [0.1, 0.15) is 40.4 Å². The molecule has 1 atom stereocenters. The Morgan fingerprint density at radius 2 is 2.10 bits per heavy atom. The molecule has 1 amide bonds. The highest BCUT2D eigenvalue weighted by Crippen LogP contribution is 2.32. The Hall–Kier alpha value is -2.36. The van der Waals surface area contributed by atoms with Gasteiger partial charge < -0.3 is 11.1 Å². The van der Waals surface area contributed by atoms with Crippen LogP contribution in [-0.4, -0.2) is 10.9 Å². The number of anilines is 1. The standard InChI is InChI=1S/C16H17N3O/c17-15(20)13-8-4-10-18-16(13)19-14-9-3-6-11-5-1-2-7-12(11)14/h1-2,4-5,7-8,10,14H,3,6,9H2,(H2,17,20)(H,18,19). The molecule has 0 bridgehead atoms. The number of hydrogen-bond donors (Lipinski definition) is 2. The van der Waals surface area contributed by atoms with Crippen molar-refractivity contribution in [2.24, 2.45) is 5.73 Å². The van der Waals surface area contributed by atoms with E-state index in [9.17, 15) is 4.79 Å². The number of pyridine rings is 1. The number of aromatic nitrogens is 1. The molecule has 1 unspecified atom stereocenters. The Morgan fingerprint density at radius 1 is 1.25 bits per heavy atom. The number of nitrogens with two attached hydrogens (primary N) is 1. The Balaban J connectivity index is 1.92. The topological polar surface area (TPSA) is 68.0 Å². The van der Waals surface area contributed by atoms with Gasteiger partial charge in [-0.3, -0.25) is 4.79 Å². The van der Waals surface area contributed by atoms with Crippen molar-refractivity contribution in [3.8, 4) is 0 Å². The molecule has 4 nitrogen and oxygen atoms in total. The molecule has 4 heteroatoms. The van der Waals surface area contributed by atoms with Gasteiger partial charge in [0.1, 0.15) is 5.82 Å². The molecule has 0 aliphatic heterocycles. The van der Waals surface area contributed by atoms with Gasteiger partial charge in [-0.05, 0) is 42.5 Å². The zero-order valence-corrected chi connectivity index (χ0v) is 11.2. The minimum absolute atomic E-state index is 0.188. The number of rotatable bonds is 3. The smallest absolute Gasteiger partial charge is 0.252 e. The molecule has 102 valence electrons. The number of benzene rings is 1. The van der Waals surface area contributed by atoms with Gasteiger partial charge in [0, 0.05) is 6.20 Å². The number of nitrogens with zero attached hydrogens (tertiary/aromatic N) is 1. The number of fused-ring (bicyclic) bond motifs is 1. The SMILES string of the molecule is NC(=O)c1cccnc1NC1CCCc2ccccc21. The third-order valence-electron chi connectivity index (χ3n) is 3.75. The molecule has 20 heavy (non-hydrogen) atoms. The van der Waals surface area contributed by atoms with Crippen LogP contribution in [0.4, 0.5) is 5.82 Å². The van der Waals surface area contributed by atoms with Crippen molar-refractivity contribution in [1.82, 2.24) is 4.98 Å². The summed E-state index contributed by atoms with van der Waals surface area (Å²) in [6.45, 7) is 0. The normalized spacial score (nSPS) is 17.3. The monoisotopic (exact) mass is 267 g/mol. The molecule has 1 aromatic carbocycles. The Morgan fingerprint density at radius 3 is 2.95 bits per heavy atom. The zero-order chi connectivity index (χ0) is 13.9. The van der Waals surface area contributed by atoms with Gasteiger partial charge in [0.25, 0.3) is 5.91 Å². The highest BCUT2D eigenvalue weighted by molar-refractivity contribution is 5.97. The molecule has 0 saturated carbocycles. The molecule has 0 fully saturated rings. The van der Waals surface area contributed by atoms with Crippen LogP contribution < -0.4 is 11.1 Å². The highest BCUT2D eigenvalue weighted by Gasteiger charge is 2.21. The van der Waals surface area contributed by atoms with E-state index in [1.807, 2.05) is 6.07 Å². The first-order valence-electron chi connectivity index (χ1n) is 6.85. The molecular formula is C16H17N3O. The first kappa shape index (κ1) is 12.7. The molecule has 3 rings (SSSR count). The van der Waals surface area contributed by atoms with Crippen LogP contribution >= 0.6 is 0 Å². The molecule has 1 aliphatic carbocycles. The van der Waals surface area contributed by atoms with Crippen molar-refractivity contribution in [3.63, 3.8) is 0 Å². The van der Waals surface area contributed by atoms with Gasteiger partial charge in [-0.25, -0.2) is 4.98 Å². The van der Waals surface area contributed by atoms with E-state index in [-0.39, 0.29) is 6.04 Å². The quantitative estimate of drug-likeness (QED) is 0.898. The van der Waals surface area contributed by atoms with Crippen LogP contribution in [-0.2, 0) is 6.42 Å². The van der Waals surface area contributed by atoms with Crippen molar-refractivity contribution in [3.05, 3.63) is 59.3 Å². The summed E-state index contributed by atoms with van der Waals surface area (Å²) in [5.74, 6) is 0.117. The lowest BCUT2D eigenvalue weighted by Crippen LogP contribution is -2.21. The molecule has 2 aromatic rings. The number of aryl methyl sites for hydroxylation is 1. The third-order valence-corrected chi connectivity index (χ3v) is 3.75. The van der Waals surface area contributed by atoms with Crippen molar-refractivity contribution < 1.29 is 4.79 Å². The second kappa shape index (κ2) is 5.33. The summed E-state index contributed by atoms with van der Waals surface area (Å²) in [6, 6.07) is 12.0. The van der Waals surface area contributed by atoms with Crippen LogP contribution in [0.25, 0.3) is 0 Å². The summed E-state index contributed by atoms with van der Waals surface area (Å²) in [7, 11) is 0. The number of primary amides is 1. The molecule has 0 radical (unpaired) electrons. The Kier molecular flexibility index (Phi) is 3.37. The average Bonchev–Trinajstić information content (AvgIpc) is 2.48. The molecule has 0 saturated heterocycles. The van der Waals surface area contributed by atoms with Gasteiger partial charge in [-0.15, -0.1) is 0 Å². The molecule has 3 N–H and O–H groups in total. The summed E-state index contributed by atoms with van der Waals surface area (Å²) in [5.41, 5.74) is 8.50. The number of amides is 1. The minimum Gasteiger partial charge on any atom is -0.365 e. The summed E-state index contributed by atoms with van der Waals surface area (Å²) in [5, 5.41) is 3.38. The van der Waals surface area contributed by atoms with Crippen LogP contribution in [0.3, 0.4) is 0 Å². The number of hydrogen-bond acceptors (Lipinski definition) is 3. The largest absolute Gasteiger partial charge is 0.365 e. The van der Waals surface area contributed by atoms with E-state index in [4.69, 9.17) is 5.73 Å². The maximum Gasteiger partial charge on any atom is 0.252 e. The van der Waals surface area contributed by atoms with Crippen molar-refractivity contribution in [2.75, 3.05) is 5.32 Å². The van der Waals surface area contributed by atoms with E-state index in [2.05, 4.69) is 28.5 Å². The Bertz CT molecular complexity index is 639. The number of carbonyl (C=O) groups is 1. The van der Waals surface area contributed by atoms with Gasteiger partial charge >= 0.3 is 0 Å². The van der Waals surface area contributed by atoms with Crippen molar-refractivity contribution >= 4 is 11.7 Å². The lowest BCUT2D eigenvalue weighted by Gasteiger charge is -2.27. The van der Waals surface area contributed by atoms with E-state index in [0.29, 0.717) is 11.4 Å². The van der Waals surface area contributed by atoms with Crippen LogP contribution in [0.5, 0.6) is 0 Å². The van der Waals surface area contributed by atoms with Crippen molar-refractivity contribution in [1.29, 1.82) is 0 Å². The fourth-order valence-electron chi connectivity index (χ4n) is 2.79. The average molecular weight is 267 g/mol. The predicted octanol–water partition coefficient (Wildman–Crippen LogP) is 2.67. The third kappa shape index (κ3) is 2.37. The van der Waals surface area contributed by atoms with E-state index in [1.165, 1.54) is 11.1 Å². The second-order valence-corrected chi connectivity index (χ2v) is 5.05. The van der Waals surface area contributed by atoms with E-state index in [1.54, 1.807) is 18.3 Å². The molecule has 1 aliphatic rings. The Labute approximate surface area is 118 Å². The van der Waals surface area contributed by atoms with Crippen LogP contribution in [0.15, 0.2) is 42.6 Å². The van der Waals surface area contributed by atoms with Gasteiger partial charge in [0.15, 0.2) is 0 Å². The second-order valence-electron chi connectivity index (χ2n) is 5.05. The summed E-state index contributed by atoms with van der Waals surface area (Å²) >= 11 is 0. The minimum atomic E-state index is -0.454. The first-order valence-corrected chi connectivity index (χ1v) is 6.85. The number of nitrogens with one attached hydrogen (secondary N) is 1. The number of carbonyl (C=O) groups excluding carboxylic acids is 1. The van der Waals surface area contributed by atoms with E-state index >= 15 is 0 Å². The fourth-order valence-corrected chi connectivity index (χ4v) is 2.79. The maximum absolute atomic E-state index is 11.5. The summed E-state index contributed by atoms with van der Waals surface area (Å²) in [6.07, 6.45) is 4.95. The highest BCUT2D eigenvalue weighted by atomic mass is 16.1. The summed E-state index contributed by atoms with van der Waals surface area (Å²) in [4.78, 5) is 15.7. The summed E-state index contributed by atoms with van der Waals surface area (Å²) < 4.78 is 0. The lowest BCUT2D eigenvalue weighted by molar-refractivity contribution is 0.100. The van der Waals surface area contributed by atoms with Crippen molar-refractivity contribution in [2.45, 2.75) is 25.3 Å². The van der Waals surface area contributed by atoms with Gasteiger partial charge in [0.05, 0.1) is 11.6 Å². The molecule has 1 aromatic heterocycles. The lowest BCUT2D eigenvalue weighted by atomic mass is 9.87. The van der Waals surface area contributed by atoms with Gasteiger partial charge in [0.2, 0.25) is 0 Å². The molecular weight excluding hydrogens is 250 g/mol. The van der Waals surface area contributed by atoms with E-state index in [0.717, 1.165) is 19.3 Å². The maximum atomic E-state index is 11.5. The predicted molar refractivity (Wildman–Crippen MR) is 78.5 cm³/mol. The van der Waals surface area contributed by atoms with E-state index < -0.39 is 5.91 Å². The first-order chi connectivity index (χ1) is 9.75. The van der Waals surface area contributed by atoms with Gasteiger partial charge in [-0.2, -0.15) is 0 Å². The van der Waals surface area contributed by atoms with Crippen LogP contribution in [0.2, 0.25) is 0 Å². The zero-order valence-electron chi connectivity index (χ0n) is 11.2.